The highest BCUT2D eigenvalue weighted by Gasteiger charge is 2.70. The number of carbonyl (C=O) groups is 3. The fraction of sp³-hybridized carbons (Fsp3) is 0.800. The van der Waals surface area contributed by atoms with Crippen LogP contribution in [-0.4, -0.2) is 91.5 Å². The van der Waals surface area contributed by atoms with Crippen molar-refractivity contribution in [2.45, 2.75) is 138 Å². The maximum absolute atomic E-state index is 14.3. The fourth-order valence-corrected chi connectivity index (χ4v) is 14.3. The zero-order chi connectivity index (χ0) is 39.3. The van der Waals surface area contributed by atoms with Crippen LogP contribution in [0, 0.1) is 56.7 Å². The molecule has 1 aromatic heterocycles. The topological polar surface area (TPSA) is 129 Å². The van der Waals surface area contributed by atoms with Gasteiger partial charge in [-0.15, -0.1) is 5.10 Å². The molecule has 55 heavy (non-hydrogen) atoms. The van der Waals surface area contributed by atoms with Gasteiger partial charge in [0.25, 0.3) is 0 Å². The molecule has 10 nitrogen and oxygen atoms in total. The average Bonchev–Trinajstić information content (AvgIpc) is 3.41. The number of fused-ring (bicyclic) bond motifs is 7. The molecule has 0 aromatic carbocycles. The van der Waals surface area contributed by atoms with E-state index in [1.54, 1.807) is 6.20 Å². The van der Waals surface area contributed by atoms with E-state index in [1.165, 1.54) is 15.8 Å². The molecule has 0 unspecified atom stereocenters. The first-order valence-electron chi connectivity index (χ1n) is 21.7. The predicted octanol–water partition coefficient (Wildman–Crippen LogP) is 7.03. The largest absolute Gasteiger partial charge is 0.480 e. The Morgan fingerprint density at radius 2 is 1.67 bits per heavy atom. The number of likely N-dealkylation sites (tertiary alicyclic amines) is 1. The number of nitrogens with zero attached hydrogens (tertiary/aromatic N) is 5. The second kappa shape index (κ2) is 13.6. The molecule has 4 saturated carbocycles. The van der Waals surface area contributed by atoms with Gasteiger partial charge in [-0.3, -0.25) is 19.3 Å². The molecule has 8 rings (SSSR count). The summed E-state index contributed by atoms with van der Waals surface area (Å²) in [6.07, 6.45) is 15.4. The Balaban J connectivity index is 1.10. The molecule has 2 N–H and O–H groups in total. The molecule has 1 aliphatic heterocycles. The highest BCUT2D eigenvalue weighted by atomic mass is 16.4. The standard InChI is InChI=1S/C45H67N5O5/c1-28(2)39-33(51)22-45(36(52)25-49(23-29-10-11-29)37(53)26-48-20-8-9-21-48)19-18-43(6)31(40(39)45)12-13-35-42(5)16-14-30(32-24-50(47-46-32)27-38(54)55)41(3,4)34(42)15-17-44(35,43)7/h14,24,28-29,31,34-36,52H,8-13,15-23,25-27H2,1-7H3,(H,54,55)/t31-,34+,35-,36+,42+,43-,44-,45+/m1/s1. The zero-order valence-corrected chi connectivity index (χ0v) is 34.7. The number of carbonyl (C=O) groups excluding carboxylic acids is 2. The van der Waals surface area contributed by atoms with Crippen LogP contribution in [0.3, 0.4) is 0 Å². The van der Waals surface area contributed by atoms with Crippen LogP contribution in [0.4, 0.5) is 0 Å². The zero-order valence-electron chi connectivity index (χ0n) is 34.7. The Bertz CT molecular complexity index is 1790. The molecular formula is C45H67N5O5. The smallest absolute Gasteiger partial charge is 0.325 e. The van der Waals surface area contributed by atoms with Gasteiger partial charge in [-0.25, -0.2) is 4.68 Å². The molecule has 2 heterocycles. The molecule has 0 radical (unpaired) electrons. The number of allylic oxidation sites excluding steroid dienone is 3. The molecule has 7 aliphatic rings. The van der Waals surface area contributed by atoms with Gasteiger partial charge in [0.05, 0.1) is 18.8 Å². The van der Waals surface area contributed by atoms with Gasteiger partial charge in [0.15, 0.2) is 5.78 Å². The van der Waals surface area contributed by atoms with Gasteiger partial charge in [-0.1, -0.05) is 65.3 Å². The molecule has 10 heteroatoms. The molecule has 5 fully saturated rings. The number of carboxylic acid groups (broad SMARTS) is 1. The van der Waals surface area contributed by atoms with E-state index in [1.807, 2.05) is 4.90 Å². The molecule has 1 saturated heterocycles. The SMILES string of the molecule is CC(C)C1=C2[C@H]3CC[C@@H]4[C@@]5(C)CC=C(c6cn(CC(=O)O)nn6)C(C)(C)[C@@H]5CC[C@@]4(C)[C@]3(C)CC[C@@]2([C@@H](O)CN(CC2CC2)C(=O)CN2CCCC2)CC1=O. The van der Waals surface area contributed by atoms with Gasteiger partial charge in [0, 0.05) is 24.9 Å². The third kappa shape index (κ3) is 6.12. The first-order valence-corrected chi connectivity index (χ1v) is 21.7. The number of aromatic nitrogens is 3. The summed E-state index contributed by atoms with van der Waals surface area (Å²) in [5, 5.41) is 30.6. The van der Waals surface area contributed by atoms with Gasteiger partial charge in [-0.2, -0.15) is 0 Å². The van der Waals surface area contributed by atoms with Crippen LogP contribution in [0.1, 0.15) is 131 Å². The third-order valence-electron chi connectivity index (χ3n) is 17.3. The number of carboxylic acids is 1. The minimum atomic E-state index is -0.928. The summed E-state index contributed by atoms with van der Waals surface area (Å²) < 4.78 is 1.42. The number of aliphatic carboxylic acids is 1. The van der Waals surface area contributed by atoms with Gasteiger partial charge in [0.2, 0.25) is 5.91 Å². The third-order valence-corrected chi connectivity index (χ3v) is 17.3. The Morgan fingerprint density at radius 1 is 0.945 bits per heavy atom. The van der Waals surface area contributed by atoms with Gasteiger partial charge >= 0.3 is 5.97 Å². The molecular weight excluding hydrogens is 691 g/mol. The number of aliphatic hydroxyl groups excluding tert-OH is 1. The Morgan fingerprint density at radius 3 is 2.35 bits per heavy atom. The molecule has 0 spiro atoms. The lowest BCUT2D eigenvalue weighted by atomic mass is 9.33. The van der Waals surface area contributed by atoms with Crippen molar-refractivity contribution < 1.29 is 24.6 Å². The number of rotatable bonds is 11. The van der Waals surface area contributed by atoms with E-state index in [2.05, 4.69) is 69.8 Å². The Labute approximate surface area is 328 Å². The van der Waals surface area contributed by atoms with Crippen LogP contribution in [0.25, 0.3) is 5.57 Å². The van der Waals surface area contributed by atoms with E-state index in [9.17, 15) is 24.6 Å². The minimum absolute atomic E-state index is 0.0276. The first-order chi connectivity index (χ1) is 25.9. The van der Waals surface area contributed by atoms with Crippen LogP contribution >= 0.6 is 0 Å². The molecule has 8 atom stereocenters. The maximum Gasteiger partial charge on any atom is 0.325 e. The van der Waals surface area contributed by atoms with Gasteiger partial charge in [-0.05, 0) is 146 Å². The van der Waals surface area contributed by atoms with Crippen LogP contribution in [-0.2, 0) is 20.9 Å². The lowest BCUT2D eigenvalue weighted by Crippen LogP contribution is -2.64. The highest BCUT2D eigenvalue weighted by molar-refractivity contribution is 6.00. The van der Waals surface area contributed by atoms with Crippen molar-refractivity contribution in [3.8, 4) is 0 Å². The van der Waals surface area contributed by atoms with E-state index >= 15 is 0 Å². The number of ketones is 1. The second-order valence-electron chi connectivity index (χ2n) is 20.8. The minimum Gasteiger partial charge on any atom is -0.480 e. The van der Waals surface area contributed by atoms with Gasteiger partial charge in [0.1, 0.15) is 12.2 Å². The summed E-state index contributed by atoms with van der Waals surface area (Å²) in [6.45, 7) is 19.9. The van der Waals surface area contributed by atoms with Crippen LogP contribution in [0.2, 0.25) is 0 Å². The number of Topliss-reactive ketones (excluding diaryl/α,β-unsaturated/α-hetero) is 1. The summed E-state index contributed by atoms with van der Waals surface area (Å²) in [7, 11) is 0. The normalized spacial score (nSPS) is 37.6. The molecule has 302 valence electrons. The molecule has 0 bridgehead atoms. The summed E-state index contributed by atoms with van der Waals surface area (Å²) in [5.74, 6) is 1.21. The Hall–Kier alpha value is -2.85. The van der Waals surface area contributed by atoms with Crippen molar-refractivity contribution in [1.29, 1.82) is 0 Å². The lowest BCUT2D eigenvalue weighted by Gasteiger charge is -2.71. The summed E-state index contributed by atoms with van der Waals surface area (Å²) in [4.78, 5) is 43.8. The lowest BCUT2D eigenvalue weighted by molar-refractivity contribution is -0.200. The van der Waals surface area contributed by atoms with E-state index < -0.39 is 17.5 Å². The second-order valence-corrected chi connectivity index (χ2v) is 20.8. The van der Waals surface area contributed by atoms with Crippen LogP contribution < -0.4 is 0 Å². The number of hydrogen-bond acceptors (Lipinski definition) is 7. The van der Waals surface area contributed by atoms with Crippen LogP contribution in [0.5, 0.6) is 0 Å². The summed E-state index contributed by atoms with van der Waals surface area (Å²) >= 11 is 0. The van der Waals surface area contributed by atoms with Crippen LogP contribution in [0.15, 0.2) is 23.4 Å². The Kier molecular flexibility index (Phi) is 9.66. The molecule has 1 aromatic rings. The summed E-state index contributed by atoms with van der Waals surface area (Å²) in [6, 6.07) is 0. The first kappa shape index (κ1) is 39.0. The summed E-state index contributed by atoms with van der Waals surface area (Å²) in [5.41, 5.74) is 3.54. The monoisotopic (exact) mass is 758 g/mol. The number of hydrogen-bond donors (Lipinski definition) is 2. The van der Waals surface area contributed by atoms with Crippen molar-refractivity contribution in [1.82, 2.24) is 24.8 Å². The van der Waals surface area contributed by atoms with Gasteiger partial charge < -0.3 is 15.1 Å². The van der Waals surface area contributed by atoms with E-state index in [0.29, 0.717) is 37.3 Å². The number of aliphatic hydroxyl groups is 1. The highest BCUT2D eigenvalue weighted by Crippen LogP contribution is 2.77. The molecule has 1 amide bonds. The van der Waals surface area contributed by atoms with E-state index in [4.69, 9.17) is 0 Å². The average molecular weight is 758 g/mol. The van der Waals surface area contributed by atoms with Crippen molar-refractivity contribution in [2.75, 3.05) is 32.7 Å². The van der Waals surface area contributed by atoms with E-state index in [-0.39, 0.29) is 51.7 Å². The quantitative estimate of drug-likeness (QED) is 0.246. The number of amides is 1. The predicted molar refractivity (Wildman–Crippen MR) is 211 cm³/mol. The molecule has 6 aliphatic carbocycles. The van der Waals surface area contributed by atoms with Crippen molar-refractivity contribution in [2.24, 2.45) is 56.7 Å². The van der Waals surface area contributed by atoms with E-state index in [0.717, 1.165) is 102 Å². The van der Waals surface area contributed by atoms with Crippen molar-refractivity contribution in [3.63, 3.8) is 0 Å². The fourth-order valence-electron chi connectivity index (χ4n) is 14.3. The van der Waals surface area contributed by atoms with Crippen molar-refractivity contribution in [3.05, 3.63) is 29.1 Å². The van der Waals surface area contributed by atoms with Crippen molar-refractivity contribution >= 4 is 23.2 Å². The maximum atomic E-state index is 14.3.